The maximum Gasteiger partial charge on any atom is 0.256 e. The first kappa shape index (κ1) is 35.4. The van der Waals surface area contributed by atoms with Crippen molar-refractivity contribution in [2.75, 3.05) is 18.5 Å². The number of aryl methyl sites for hydroxylation is 2. The zero-order valence-corrected chi connectivity index (χ0v) is 30.8. The van der Waals surface area contributed by atoms with E-state index in [1.807, 2.05) is 82.4 Å². The molecular weight excluding hydrogens is 668 g/mol. The van der Waals surface area contributed by atoms with Crippen LogP contribution in [-0.4, -0.2) is 68.0 Å². The van der Waals surface area contributed by atoms with Gasteiger partial charge >= 0.3 is 0 Å². The van der Waals surface area contributed by atoms with Gasteiger partial charge in [-0.2, -0.15) is 0 Å². The molecule has 272 valence electrons. The maximum atomic E-state index is 13.2. The number of fused-ring (bicyclic) bond motifs is 3. The van der Waals surface area contributed by atoms with Crippen LogP contribution >= 0.6 is 0 Å². The Morgan fingerprint density at radius 1 is 1.08 bits per heavy atom. The molecule has 1 saturated heterocycles. The van der Waals surface area contributed by atoms with E-state index in [4.69, 9.17) is 9.47 Å². The van der Waals surface area contributed by atoms with Crippen LogP contribution in [-0.2, 0) is 18.3 Å². The molecule has 2 aromatic heterocycles. The van der Waals surface area contributed by atoms with Gasteiger partial charge in [-0.05, 0) is 87.6 Å². The fourth-order valence-corrected chi connectivity index (χ4v) is 6.77. The van der Waals surface area contributed by atoms with Crippen LogP contribution in [0.1, 0.15) is 72.1 Å². The monoisotopic (exact) mass is 712 g/mol. The van der Waals surface area contributed by atoms with E-state index in [1.54, 1.807) is 28.8 Å². The second-order valence-electron chi connectivity index (χ2n) is 14.9. The normalized spacial score (nSPS) is 15.3. The fourth-order valence-electron chi connectivity index (χ4n) is 6.77. The van der Waals surface area contributed by atoms with Gasteiger partial charge in [0, 0.05) is 61.5 Å². The highest BCUT2D eigenvalue weighted by atomic mass is 16.5. The Morgan fingerprint density at radius 3 is 2.64 bits per heavy atom. The third-order valence-corrected chi connectivity index (χ3v) is 9.31. The minimum Gasteiger partial charge on any atom is -0.493 e. The van der Waals surface area contributed by atoms with Crippen molar-refractivity contribution in [3.63, 3.8) is 0 Å². The summed E-state index contributed by atoms with van der Waals surface area (Å²) in [6, 6.07) is 19.5. The summed E-state index contributed by atoms with van der Waals surface area (Å²) in [4.78, 5) is 53.4. The van der Waals surface area contributed by atoms with Crippen molar-refractivity contribution in [3.05, 3.63) is 102 Å². The van der Waals surface area contributed by atoms with Gasteiger partial charge in [0.15, 0.2) is 11.6 Å². The van der Waals surface area contributed by atoms with E-state index in [9.17, 15) is 14.4 Å². The average Bonchev–Trinajstić information content (AvgIpc) is 3.79. The number of nitrogens with one attached hydrogen (secondary N) is 2. The number of amides is 2. The van der Waals surface area contributed by atoms with E-state index in [2.05, 4.69) is 32.9 Å². The van der Waals surface area contributed by atoms with Crippen molar-refractivity contribution in [2.45, 2.75) is 65.0 Å². The van der Waals surface area contributed by atoms with Crippen molar-refractivity contribution < 1.29 is 23.9 Å². The number of anilines is 1. The minimum absolute atomic E-state index is 0.0512. The van der Waals surface area contributed by atoms with Crippen LogP contribution in [0.3, 0.4) is 0 Å². The third kappa shape index (κ3) is 7.94. The Hall–Kier alpha value is -5.97. The molecule has 2 amide bonds. The van der Waals surface area contributed by atoms with E-state index >= 15 is 0 Å². The van der Waals surface area contributed by atoms with Crippen molar-refractivity contribution in [3.8, 4) is 22.8 Å². The van der Waals surface area contributed by atoms with Crippen LogP contribution in [0.2, 0.25) is 0 Å². The molecule has 11 nitrogen and oxygen atoms in total. The van der Waals surface area contributed by atoms with Crippen LogP contribution in [0.25, 0.3) is 22.2 Å². The number of hydrogen-bond acceptors (Lipinski definition) is 7. The number of nitrogens with zero attached hydrogens (tertiary/aromatic N) is 4. The smallest absolute Gasteiger partial charge is 0.256 e. The first-order valence-electron chi connectivity index (χ1n) is 17.9. The van der Waals surface area contributed by atoms with Crippen molar-refractivity contribution in [1.82, 2.24) is 19.4 Å². The van der Waals surface area contributed by atoms with Crippen molar-refractivity contribution in [1.29, 1.82) is 0 Å². The second kappa shape index (κ2) is 14.2. The lowest BCUT2D eigenvalue weighted by Gasteiger charge is -2.21. The van der Waals surface area contributed by atoms with Gasteiger partial charge in [-0.15, -0.1) is 0 Å². The molecule has 0 radical (unpaired) electrons. The largest absolute Gasteiger partial charge is 0.493 e. The van der Waals surface area contributed by atoms with Gasteiger partial charge in [0.25, 0.3) is 5.91 Å². The van der Waals surface area contributed by atoms with Crippen LogP contribution in [0.4, 0.5) is 11.5 Å². The quantitative estimate of drug-likeness (QED) is 0.0818. The molecule has 53 heavy (non-hydrogen) atoms. The lowest BCUT2D eigenvalue weighted by molar-refractivity contribution is -0.116. The summed E-state index contributed by atoms with van der Waals surface area (Å²) < 4.78 is 13.7. The van der Waals surface area contributed by atoms with Crippen LogP contribution in [0.15, 0.2) is 84.0 Å². The maximum absolute atomic E-state index is 13.2. The Bertz CT molecular complexity index is 2270. The molecule has 7 rings (SSSR count). The SMILES string of the molecule is C=C1CC2C=Nc3cc(OCCCC(=O)Nc4cn(C)c(C(=O)Cc5ccc(-c6cc7cc(OC(C)(C)C)ccc7[nH]6)cc5)n4)c(C)cc3C(=O)N2C1. The first-order chi connectivity index (χ1) is 25.3. The summed E-state index contributed by atoms with van der Waals surface area (Å²) in [7, 11) is 1.74. The number of aliphatic imine (C=N–C) groups is 1. The Kier molecular flexibility index (Phi) is 9.50. The molecule has 11 heteroatoms. The van der Waals surface area contributed by atoms with E-state index < -0.39 is 0 Å². The molecule has 4 heterocycles. The molecule has 2 aliphatic rings. The van der Waals surface area contributed by atoms with Crippen LogP contribution in [0.5, 0.6) is 11.5 Å². The minimum atomic E-state index is -0.276. The standard InChI is InChI=1S/C42H44N6O5/c1-25-16-30-22-43-35-21-37(26(2)17-32(35)41(51)48(30)23-25)52-15-7-8-39(50)45-38-24-47(6)40(46-38)36(49)18-27-9-11-28(12-10-27)34-20-29-19-31(53-42(3,4)5)13-14-33(29)44-34/h9-14,17,19-22,24,30,44H,1,7-8,15-16,18,23H2,2-6H3,(H,45,50). The number of carbonyl (C=O) groups is 3. The highest BCUT2D eigenvalue weighted by Gasteiger charge is 2.34. The number of aromatic amines is 1. The molecule has 0 saturated carbocycles. The molecule has 2 aliphatic heterocycles. The molecule has 1 unspecified atom stereocenters. The Balaban J connectivity index is 0.900. The number of Topliss-reactive ketones (excluding diaryl/α,β-unsaturated/α-hetero) is 1. The van der Waals surface area contributed by atoms with E-state index in [1.165, 1.54) is 0 Å². The summed E-state index contributed by atoms with van der Waals surface area (Å²) in [6.07, 6.45) is 5.01. The number of imidazole rings is 1. The number of rotatable bonds is 11. The summed E-state index contributed by atoms with van der Waals surface area (Å²) in [5, 5.41) is 3.86. The number of benzene rings is 3. The van der Waals surface area contributed by atoms with Crippen molar-refractivity contribution in [2.24, 2.45) is 12.0 Å². The summed E-state index contributed by atoms with van der Waals surface area (Å²) in [5.41, 5.74) is 6.57. The van der Waals surface area contributed by atoms with Gasteiger partial charge in [-0.1, -0.05) is 36.4 Å². The van der Waals surface area contributed by atoms with Gasteiger partial charge in [-0.25, -0.2) is 4.98 Å². The predicted molar refractivity (Wildman–Crippen MR) is 207 cm³/mol. The van der Waals surface area contributed by atoms with Gasteiger partial charge < -0.3 is 29.2 Å². The molecule has 0 bridgehead atoms. The first-order valence-corrected chi connectivity index (χ1v) is 17.9. The zero-order chi connectivity index (χ0) is 37.4. The van der Waals surface area contributed by atoms with Crippen LogP contribution in [0, 0.1) is 6.92 Å². The number of carbonyl (C=O) groups excluding carboxylic acids is 3. The highest BCUT2D eigenvalue weighted by Crippen LogP contribution is 2.35. The second-order valence-corrected chi connectivity index (χ2v) is 14.9. The molecule has 1 fully saturated rings. The predicted octanol–water partition coefficient (Wildman–Crippen LogP) is 7.76. The summed E-state index contributed by atoms with van der Waals surface area (Å²) in [6.45, 7) is 12.9. The molecule has 2 N–H and O–H groups in total. The molecule has 1 atom stereocenters. The lowest BCUT2D eigenvalue weighted by atomic mass is 10.0. The number of ether oxygens (including phenoxy) is 2. The number of aromatic nitrogens is 3. The Morgan fingerprint density at radius 2 is 1.87 bits per heavy atom. The summed E-state index contributed by atoms with van der Waals surface area (Å²) in [5.74, 6) is 1.60. The topological polar surface area (TPSA) is 131 Å². The fraction of sp³-hybridized carbons (Fsp3) is 0.310. The average molecular weight is 713 g/mol. The number of H-pyrrole nitrogens is 1. The number of hydrogen-bond donors (Lipinski definition) is 2. The highest BCUT2D eigenvalue weighted by molar-refractivity contribution is 6.03. The van der Waals surface area contributed by atoms with Gasteiger partial charge in [-0.3, -0.25) is 19.4 Å². The Labute approximate surface area is 308 Å². The molecule has 5 aromatic rings. The van der Waals surface area contributed by atoms with E-state index in [-0.39, 0.29) is 47.9 Å². The van der Waals surface area contributed by atoms with Crippen molar-refractivity contribution >= 4 is 46.2 Å². The molecule has 0 spiro atoms. The lowest BCUT2D eigenvalue weighted by Crippen LogP contribution is -2.35. The molecule has 0 aliphatic carbocycles. The van der Waals surface area contributed by atoms with E-state index in [0.717, 1.165) is 51.0 Å². The van der Waals surface area contributed by atoms with Gasteiger partial charge in [0.05, 0.1) is 23.9 Å². The summed E-state index contributed by atoms with van der Waals surface area (Å²) >= 11 is 0. The molecule has 3 aromatic carbocycles. The van der Waals surface area contributed by atoms with Crippen LogP contribution < -0.4 is 14.8 Å². The third-order valence-electron chi connectivity index (χ3n) is 9.31. The van der Waals surface area contributed by atoms with Gasteiger partial charge in [0.1, 0.15) is 17.1 Å². The van der Waals surface area contributed by atoms with Gasteiger partial charge in [0.2, 0.25) is 11.7 Å². The molecular formula is C42H44N6O5. The zero-order valence-electron chi connectivity index (χ0n) is 30.8. The van der Waals surface area contributed by atoms with E-state index in [0.29, 0.717) is 42.4 Å². The number of ketones is 1.